The minimum absolute atomic E-state index is 0.0761. The topological polar surface area (TPSA) is 87.0 Å². The Bertz CT molecular complexity index is 1130. The highest BCUT2D eigenvalue weighted by molar-refractivity contribution is 5.79. The van der Waals surface area contributed by atoms with Crippen LogP contribution >= 0.6 is 0 Å². The summed E-state index contributed by atoms with van der Waals surface area (Å²) in [5.41, 5.74) is 2.23. The van der Waals surface area contributed by atoms with Gasteiger partial charge < -0.3 is 19.5 Å². The summed E-state index contributed by atoms with van der Waals surface area (Å²) in [7, 11) is 1.64. The molecule has 1 N–H and O–H groups in total. The highest BCUT2D eigenvalue weighted by atomic mass is 16.5. The van der Waals surface area contributed by atoms with Crippen LogP contribution in [0.15, 0.2) is 59.1 Å². The zero-order valence-electron chi connectivity index (χ0n) is 21.5. The molecule has 1 atom stereocenters. The average Bonchev–Trinajstić information content (AvgIpc) is 3.45. The van der Waals surface area contributed by atoms with Gasteiger partial charge in [0.2, 0.25) is 11.7 Å². The first-order valence-corrected chi connectivity index (χ1v) is 13.2. The molecule has 0 aliphatic carbocycles. The van der Waals surface area contributed by atoms with Gasteiger partial charge in [0, 0.05) is 64.5 Å². The predicted molar refractivity (Wildman–Crippen MR) is 142 cm³/mol. The Hall–Kier alpha value is -3.43. The fraction of sp³-hybridized carbons (Fsp3) is 0.464. The molecule has 3 aromatic rings. The van der Waals surface area contributed by atoms with Gasteiger partial charge in [0.1, 0.15) is 5.75 Å². The van der Waals surface area contributed by atoms with Gasteiger partial charge in [-0.2, -0.15) is 4.98 Å². The molecule has 2 aromatic carbocycles. The molecular weight excluding hydrogens is 468 g/mol. The van der Waals surface area contributed by atoms with E-state index in [0.29, 0.717) is 24.9 Å². The van der Waals surface area contributed by atoms with Crippen molar-refractivity contribution in [2.24, 2.45) is 5.92 Å². The van der Waals surface area contributed by atoms with E-state index in [0.717, 1.165) is 70.0 Å². The van der Waals surface area contributed by atoms with E-state index in [2.05, 4.69) is 55.6 Å². The van der Waals surface area contributed by atoms with E-state index in [1.165, 1.54) is 5.56 Å². The van der Waals surface area contributed by atoms with E-state index >= 15 is 0 Å². The van der Waals surface area contributed by atoms with Crippen LogP contribution < -0.4 is 15.0 Å². The monoisotopic (exact) mass is 504 g/mol. The molecule has 0 bridgehead atoms. The lowest BCUT2D eigenvalue weighted by Crippen LogP contribution is -2.49. The van der Waals surface area contributed by atoms with E-state index in [1.54, 1.807) is 7.11 Å². The molecule has 37 heavy (non-hydrogen) atoms. The Morgan fingerprint density at radius 2 is 1.78 bits per heavy atom. The van der Waals surface area contributed by atoms with Crippen molar-refractivity contribution in [1.29, 1.82) is 0 Å². The highest BCUT2D eigenvalue weighted by Crippen LogP contribution is 2.26. The maximum atomic E-state index is 12.9. The fourth-order valence-electron chi connectivity index (χ4n) is 5.06. The van der Waals surface area contributed by atoms with Gasteiger partial charge in [0.05, 0.1) is 13.0 Å². The number of amides is 1. The minimum atomic E-state index is -0.0761. The molecule has 1 unspecified atom stereocenters. The molecule has 9 heteroatoms. The van der Waals surface area contributed by atoms with Crippen LogP contribution in [-0.4, -0.2) is 85.3 Å². The molecule has 1 amide bonds. The quantitative estimate of drug-likeness (QED) is 0.476. The maximum Gasteiger partial charge on any atom is 0.324 e. The first-order chi connectivity index (χ1) is 18.2. The normalized spacial score (nSPS) is 19.1. The number of nitrogens with zero attached hydrogens (tertiary/aromatic N) is 5. The molecule has 3 heterocycles. The number of carbonyl (C=O) groups is 1. The Kier molecular flexibility index (Phi) is 8.32. The molecule has 0 spiro atoms. The van der Waals surface area contributed by atoms with Crippen LogP contribution in [0.4, 0.5) is 6.01 Å². The number of rotatable bonds is 9. The van der Waals surface area contributed by atoms with Crippen molar-refractivity contribution in [3.8, 4) is 17.1 Å². The third kappa shape index (κ3) is 6.67. The summed E-state index contributed by atoms with van der Waals surface area (Å²) in [4.78, 5) is 24.5. The Labute approximate surface area is 218 Å². The van der Waals surface area contributed by atoms with Crippen LogP contribution in [0.5, 0.6) is 5.75 Å². The third-order valence-electron chi connectivity index (χ3n) is 7.27. The predicted octanol–water partition coefficient (Wildman–Crippen LogP) is 2.90. The number of anilines is 1. The molecule has 196 valence electrons. The second kappa shape index (κ2) is 12.2. The number of aromatic nitrogens is 2. The van der Waals surface area contributed by atoms with Gasteiger partial charge in [0.15, 0.2) is 0 Å². The molecule has 9 nitrogen and oxygen atoms in total. The molecular formula is C28H36N6O3. The van der Waals surface area contributed by atoms with Crippen LogP contribution in [0.2, 0.25) is 0 Å². The van der Waals surface area contributed by atoms with Crippen LogP contribution in [0.25, 0.3) is 11.4 Å². The summed E-state index contributed by atoms with van der Waals surface area (Å²) in [6, 6.07) is 18.7. The Morgan fingerprint density at radius 3 is 2.54 bits per heavy atom. The van der Waals surface area contributed by atoms with Crippen molar-refractivity contribution in [2.75, 3.05) is 64.4 Å². The van der Waals surface area contributed by atoms with Gasteiger partial charge in [-0.05, 0) is 42.7 Å². The number of piperazine rings is 1. The highest BCUT2D eigenvalue weighted by Gasteiger charge is 2.29. The van der Waals surface area contributed by atoms with Crippen molar-refractivity contribution >= 4 is 11.9 Å². The zero-order valence-corrected chi connectivity index (χ0v) is 21.5. The van der Waals surface area contributed by atoms with E-state index < -0.39 is 0 Å². The molecule has 5 rings (SSSR count). The summed E-state index contributed by atoms with van der Waals surface area (Å²) in [6.07, 6.45) is 1.79. The maximum absolute atomic E-state index is 12.9. The number of benzene rings is 2. The van der Waals surface area contributed by atoms with E-state index in [-0.39, 0.29) is 11.8 Å². The number of piperidine rings is 1. The largest absolute Gasteiger partial charge is 0.497 e. The molecule has 2 fully saturated rings. The fourth-order valence-corrected chi connectivity index (χ4v) is 5.06. The number of nitrogens with one attached hydrogen (secondary N) is 1. The van der Waals surface area contributed by atoms with Crippen LogP contribution in [0, 0.1) is 5.92 Å². The lowest BCUT2D eigenvalue weighted by Gasteiger charge is -2.35. The van der Waals surface area contributed by atoms with Gasteiger partial charge in [-0.1, -0.05) is 35.5 Å². The van der Waals surface area contributed by atoms with Crippen LogP contribution in [-0.2, 0) is 11.3 Å². The van der Waals surface area contributed by atoms with Gasteiger partial charge in [0.25, 0.3) is 0 Å². The van der Waals surface area contributed by atoms with Crippen molar-refractivity contribution < 1.29 is 14.1 Å². The van der Waals surface area contributed by atoms with Crippen molar-refractivity contribution in [1.82, 2.24) is 25.3 Å². The zero-order chi connectivity index (χ0) is 25.5. The summed E-state index contributed by atoms with van der Waals surface area (Å²) >= 11 is 0. The van der Waals surface area contributed by atoms with E-state index in [9.17, 15) is 4.79 Å². The summed E-state index contributed by atoms with van der Waals surface area (Å²) in [6.45, 7) is 8.15. The molecule has 2 aliphatic rings. The van der Waals surface area contributed by atoms with Gasteiger partial charge in [-0.25, -0.2) is 0 Å². The number of ether oxygens (including phenoxy) is 1. The smallest absolute Gasteiger partial charge is 0.324 e. The molecule has 0 radical (unpaired) electrons. The standard InChI is InChI=1S/C28H36N6O3/c1-36-25-11-9-23(10-12-25)26-30-28(37-31-26)34-14-5-8-24(21-34)27(35)29-13-15-32-16-18-33(19-17-32)20-22-6-3-2-4-7-22/h2-4,6-7,9-12,24H,5,8,13-21H2,1H3,(H,29,35). The summed E-state index contributed by atoms with van der Waals surface area (Å²) in [5, 5.41) is 7.30. The first-order valence-electron chi connectivity index (χ1n) is 13.2. The Balaban J connectivity index is 1.04. The van der Waals surface area contributed by atoms with E-state index in [1.807, 2.05) is 29.2 Å². The van der Waals surface area contributed by atoms with Gasteiger partial charge in [-0.3, -0.25) is 14.6 Å². The molecule has 2 saturated heterocycles. The number of methoxy groups -OCH3 is 1. The minimum Gasteiger partial charge on any atom is -0.497 e. The molecule has 0 saturated carbocycles. The van der Waals surface area contributed by atoms with Crippen molar-refractivity contribution in [3.63, 3.8) is 0 Å². The summed E-state index contributed by atoms with van der Waals surface area (Å²) in [5.74, 6) is 1.35. The van der Waals surface area contributed by atoms with Crippen LogP contribution in [0.1, 0.15) is 18.4 Å². The van der Waals surface area contributed by atoms with Gasteiger partial charge >= 0.3 is 6.01 Å². The molecule has 1 aromatic heterocycles. The lowest BCUT2D eigenvalue weighted by molar-refractivity contribution is -0.125. The number of hydrogen-bond donors (Lipinski definition) is 1. The Morgan fingerprint density at radius 1 is 1.03 bits per heavy atom. The van der Waals surface area contributed by atoms with Crippen molar-refractivity contribution in [3.05, 3.63) is 60.2 Å². The number of carbonyl (C=O) groups excluding carboxylic acids is 1. The third-order valence-corrected chi connectivity index (χ3v) is 7.27. The molecule has 2 aliphatic heterocycles. The second-order valence-electron chi connectivity index (χ2n) is 9.81. The first kappa shape index (κ1) is 25.2. The summed E-state index contributed by atoms with van der Waals surface area (Å²) < 4.78 is 10.8. The number of hydrogen-bond acceptors (Lipinski definition) is 8. The second-order valence-corrected chi connectivity index (χ2v) is 9.81. The SMILES string of the molecule is COc1ccc(-c2noc(N3CCCC(C(=O)NCCN4CCN(Cc5ccccc5)CC4)C3)n2)cc1. The van der Waals surface area contributed by atoms with E-state index in [4.69, 9.17) is 9.26 Å². The average molecular weight is 505 g/mol. The van der Waals surface area contributed by atoms with Gasteiger partial charge in [-0.15, -0.1) is 0 Å². The van der Waals surface area contributed by atoms with Crippen LogP contribution in [0.3, 0.4) is 0 Å². The van der Waals surface area contributed by atoms with Crippen molar-refractivity contribution in [2.45, 2.75) is 19.4 Å². The lowest BCUT2D eigenvalue weighted by atomic mass is 9.97.